The Hall–Kier alpha value is -1.35. The molecular formula is C36H60N2O. The Morgan fingerprint density at radius 3 is 2.26 bits per heavy atom. The summed E-state index contributed by atoms with van der Waals surface area (Å²) in [7, 11) is 0. The number of aromatic nitrogens is 2. The molecule has 7 unspecified atom stereocenters. The third-order valence-electron chi connectivity index (χ3n) is 13.4. The summed E-state index contributed by atoms with van der Waals surface area (Å²) in [6.45, 7) is 24.9. The minimum Gasteiger partial charge on any atom is -0.396 e. The average molecular weight is 537 g/mol. The van der Waals surface area contributed by atoms with Crippen molar-refractivity contribution in [2.24, 2.45) is 50.7 Å². The second kappa shape index (κ2) is 10.8. The molecule has 5 aliphatic carbocycles. The van der Waals surface area contributed by atoms with Gasteiger partial charge in [-0.2, -0.15) is 5.10 Å². The van der Waals surface area contributed by atoms with Crippen LogP contribution in [0.5, 0.6) is 0 Å². The van der Waals surface area contributed by atoms with Crippen LogP contribution < -0.4 is 0 Å². The topological polar surface area (TPSA) is 48.9 Å². The van der Waals surface area contributed by atoms with E-state index in [1.54, 1.807) is 6.08 Å². The molecule has 0 amide bonds. The standard InChI is InChI=1S/C31H48N2O.C3H6.C2H6/c1-20-18-24(33-32-20)23-11-14-28(4)25(27(23,2)3)12-15-30(6)26(28)10-9-21-22-8-7-13-31(22,19-34)17-16-29(21,30)5;1-3-2;1-2/h11,18,21-22,25-26,34H,7-10,12-17,19H2,1-6H3,(H,32,33);3H,1H2,2H3;1-2H3/t21?,22?,25?,26?,28?,29-,30?,31?;;/m1../s1. The molecule has 0 spiro atoms. The van der Waals surface area contributed by atoms with E-state index in [4.69, 9.17) is 0 Å². The summed E-state index contributed by atoms with van der Waals surface area (Å²) < 4.78 is 0. The van der Waals surface area contributed by atoms with Crippen LogP contribution >= 0.6 is 0 Å². The summed E-state index contributed by atoms with van der Waals surface area (Å²) in [5, 5.41) is 18.4. The lowest BCUT2D eigenvalue weighted by molar-refractivity contribution is -0.225. The molecule has 4 fully saturated rings. The highest BCUT2D eigenvalue weighted by atomic mass is 16.3. The van der Waals surface area contributed by atoms with E-state index in [1.807, 2.05) is 20.8 Å². The number of aliphatic hydroxyl groups is 1. The van der Waals surface area contributed by atoms with Gasteiger partial charge in [-0.3, -0.25) is 5.10 Å². The Balaban J connectivity index is 0.000000662. The van der Waals surface area contributed by atoms with E-state index >= 15 is 0 Å². The number of aromatic amines is 1. The molecule has 39 heavy (non-hydrogen) atoms. The maximum absolute atomic E-state index is 10.5. The summed E-state index contributed by atoms with van der Waals surface area (Å²) in [4.78, 5) is 0. The molecule has 0 radical (unpaired) electrons. The molecule has 0 aliphatic heterocycles. The van der Waals surface area contributed by atoms with Crippen LogP contribution in [0.15, 0.2) is 24.8 Å². The second-order valence-corrected chi connectivity index (χ2v) is 15.1. The minimum atomic E-state index is 0.151. The third kappa shape index (κ3) is 4.34. The summed E-state index contributed by atoms with van der Waals surface area (Å²) in [5.74, 6) is 3.08. The fourth-order valence-corrected chi connectivity index (χ4v) is 11.6. The van der Waals surface area contributed by atoms with Crippen LogP contribution in [0.1, 0.15) is 131 Å². The molecule has 0 saturated heterocycles. The molecule has 4 saturated carbocycles. The lowest BCUT2D eigenvalue weighted by Crippen LogP contribution is -2.65. The number of hydrogen-bond acceptors (Lipinski definition) is 2. The average Bonchev–Trinajstić information content (AvgIpc) is 3.52. The monoisotopic (exact) mass is 536 g/mol. The van der Waals surface area contributed by atoms with Gasteiger partial charge in [-0.05, 0) is 134 Å². The predicted octanol–water partition coefficient (Wildman–Crippen LogP) is 9.78. The van der Waals surface area contributed by atoms with Crippen LogP contribution in [0.4, 0.5) is 0 Å². The first-order valence-electron chi connectivity index (χ1n) is 16.3. The van der Waals surface area contributed by atoms with Gasteiger partial charge in [-0.1, -0.05) is 67.0 Å². The van der Waals surface area contributed by atoms with Crippen LogP contribution in [0.3, 0.4) is 0 Å². The molecule has 5 aliphatic rings. The summed E-state index contributed by atoms with van der Waals surface area (Å²) >= 11 is 0. The zero-order valence-corrected chi connectivity index (χ0v) is 26.9. The quantitative estimate of drug-likeness (QED) is 0.370. The lowest BCUT2D eigenvalue weighted by atomic mass is 9.33. The first kappa shape index (κ1) is 30.6. The highest BCUT2D eigenvalue weighted by molar-refractivity contribution is 5.69. The predicted molar refractivity (Wildman–Crippen MR) is 166 cm³/mol. The van der Waals surface area contributed by atoms with Crippen molar-refractivity contribution in [3.8, 4) is 0 Å². The molecule has 0 bridgehead atoms. The fraction of sp³-hybridized carbons (Fsp3) is 0.806. The number of aryl methyl sites for hydroxylation is 1. The fourth-order valence-electron chi connectivity index (χ4n) is 11.6. The minimum absolute atomic E-state index is 0.151. The molecule has 1 aromatic rings. The van der Waals surface area contributed by atoms with E-state index in [0.29, 0.717) is 28.8 Å². The van der Waals surface area contributed by atoms with Gasteiger partial charge in [0.2, 0.25) is 0 Å². The Labute approximate surface area is 240 Å². The van der Waals surface area contributed by atoms with Gasteiger partial charge in [0.25, 0.3) is 0 Å². The van der Waals surface area contributed by atoms with Crippen molar-refractivity contribution in [3.63, 3.8) is 0 Å². The number of fused-ring (bicyclic) bond motifs is 7. The van der Waals surface area contributed by atoms with Gasteiger partial charge in [0.15, 0.2) is 0 Å². The maximum Gasteiger partial charge on any atom is 0.0885 e. The SMILES string of the molecule is C=CC.CC.Cc1cc(C2=CCC3(C)C(CCC4(C)C3CCC3C5CCCC5(CO)CC[C@]34C)C2(C)C)n[nH]1. The molecule has 1 aromatic heterocycles. The number of H-pyrrole nitrogens is 1. The second-order valence-electron chi connectivity index (χ2n) is 15.1. The number of rotatable bonds is 2. The van der Waals surface area contributed by atoms with Crippen LogP contribution in [0.25, 0.3) is 5.57 Å². The van der Waals surface area contributed by atoms with Crippen molar-refractivity contribution in [3.05, 3.63) is 36.2 Å². The third-order valence-corrected chi connectivity index (χ3v) is 13.4. The first-order valence-corrected chi connectivity index (χ1v) is 16.3. The first-order chi connectivity index (χ1) is 18.4. The van der Waals surface area contributed by atoms with Crippen molar-refractivity contribution in [2.45, 2.75) is 127 Å². The molecule has 2 N–H and O–H groups in total. The number of nitrogens with one attached hydrogen (secondary N) is 1. The van der Waals surface area contributed by atoms with Gasteiger partial charge in [0, 0.05) is 12.3 Å². The van der Waals surface area contributed by atoms with Crippen molar-refractivity contribution < 1.29 is 5.11 Å². The van der Waals surface area contributed by atoms with E-state index in [-0.39, 0.29) is 10.8 Å². The smallest absolute Gasteiger partial charge is 0.0885 e. The van der Waals surface area contributed by atoms with Crippen molar-refractivity contribution in [2.75, 3.05) is 6.61 Å². The van der Waals surface area contributed by atoms with Crippen LogP contribution in [-0.2, 0) is 0 Å². The highest BCUT2D eigenvalue weighted by Gasteiger charge is 2.69. The van der Waals surface area contributed by atoms with E-state index in [1.165, 1.54) is 75.5 Å². The van der Waals surface area contributed by atoms with Gasteiger partial charge in [0.1, 0.15) is 0 Å². The van der Waals surface area contributed by atoms with E-state index in [2.05, 4.69) is 70.5 Å². The Kier molecular flexibility index (Phi) is 8.48. The molecule has 6 rings (SSSR count). The van der Waals surface area contributed by atoms with Crippen molar-refractivity contribution in [1.82, 2.24) is 10.2 Å². The van der Waals surface area contributed by atoms with E-state index < -0.39 is 0 Å². The molecule has 8 atom stereocenters. The Morgan fingerprint density at radius 1 is 0.949 bits per heavy atom. The van der Waals surface area contributed by atoms with Gasteiger partial charge >= 0.3 is 0 Å². The zero-order chi connectivity index (χ0) is 28.9. The van der Waals surface area contributed by atoms with Crippen LogP contribution in [0.2, 0.25) is 0 Å². The Bertz CT molecular complexity index is 1050. The summed E-state index contributed by atoms with van der Waals surface area (Å²) in [6.07, 6.45) is 17.6. The largest absolute Gasteiger partial charge is 0.396 e. The maximum atomic E-state index is 10.5. The summed E-state index contributed by atoms with van der Waals surface area (Å²) in [6, 6.07) is 2.24. The summed E-state index contributed by atoms with van der Waals surface area (Å²) in [5.41, 5.74) is 5.40. The van der Waals surface area contributed by atoms with Crippen molar-refractivity contribution in [1.29, 1.82) is 0 Å². The Morgan fingerprint density at radius 2 is 1.64 bits per heavy atom. The van der Waals surface area contributed by atoms with Gasteiger partial charge < -0.3 is 5.11 Å². The highest BCUT2D eigenvalue weighted by Crippen LogP contribution is 2.76. The molecular weight excluding hydrogens is 476 g/mol. The molecule has 0 aromatic carbocycles. The van der Waals surface area contributed by atoms with Gasteiger partial charge in [0.05, 0.1) is 5.69 Å². The van der Waals surface area contributed by atoms with E-state index in [9.17, 15) is 5.11 Å². The molecule has 220 valence electrons. The van der Waals surface area contributed by atoms with Crippen LogP contribution in [0, 0.1) is 57.7 Å². The number of nitrogens with zero attached hydrogens (tertiary/aromatic N) is 1. The zero-order valence-electron chi connectivity index (χ0n) is 26.9. The molecule has 3 nitrogen and oxygen atoms in total. The number of aliphatic hydroxyl groups excluding tert-OH is 1. The van der Waals surface area contributed by atoms with E-state index in [0.717, 1.165) is 23.4 Å². The van der Waals surface area contributed by atoms with Crippen LogP contribution in [-0.4, -0.2) is 21.9 Å². The van der Waals surface area contributed by atoms with Gasteiger partial charge in [-0.25, -0.2) is 0 Å². The van der Waals surface area contributed by atoms with Crippen molar-refractivity contribution >= 4 is 5.57 Å². The number of allylic oxidation sites excluding steroid dienone is 3. The number of hydrogen-bond donors (Lipinski definition) is 2. The molecule has 3 heteroatoms. The molecule has 1 heterocycles. The van der Waals surface area contributed by atoms with Gasteiger partial charge in [-0.15, -0.1) is 6.58 Å². The normalized spacial score (nSPS) is 43.6. The lowest BCUT2D eigenvalue weighted by Gasteiger charge is -2.72.